The summed E-state index contributed by atoms with van der Waals surface area (Å²) in [7, 11) is 0. The van der Waals surface area contributed by atoms with E-state index in [-0.39, 0.29) is 0 Å². The van der Waals surface area contributed by atoms with E-state index in [0.717, 1.165) is 18.4 Å². The van der Waals surface area contributed by atoms with Gasteiger partial charge >= 0.3 is 0 Å². The Hall–Kier alpha value is -0.0800. The molecule has 2 saturated carbocycles. The minimum absolute atomic E-state index is 0.689. The fourth-order valence-corrected chi connectivity index (χ4v) is 2.60. The highest BCUT2D eigenvalue weighted by atomic mass is 15.2. The van der Waals surface area contributed by atoms with Gasteiger partial charge in [0.2, 0.25) is 0 Å². The van der Waals surface area contributed by atoms with E-state index in [2.05, 4.69) is 11.8 Å². The number of nitrogens with two attached hydrogens (primary N) is 1. The molecule has 0 radical (unpaired) electrons. The minimum Gasteiger partial charge on any atom is -0.329 e. The van der Waals surface area contributed by atoms with Gasteiger partial charge in [0.15, 0.2) is 0 Å². The van der Waals surface area contributed by atoms with E-state index in [1.165, 1.54) is 45.2 Å². The van der Waals surface area contributed by atoms with E-state index in [9.17, 15) is 0 Å². The standard InChI is InChI=1S/C12H24N2/c1-2-14(9-10-6-7-10)12(8-13)11-4-3-5-11/h10-12H,2-9,13H2,1H3. The molecule has 0 amide bonds. The van der Waals surface area contributed by atoms with Crippen molar-refractivity contribution in [1.82, 2.24) is 4.90 Å². The van der Waals surface area contributed by atoms with Crippen LogP contribution in [-0.2, 0) is 0 Å². The van der Waals surface area contributed by atoms with Crippen LogP contribution in [0.5, 0.6) is 0 Å². The van der Waals surface area contributed by atoms with E-state index in [1.54, 1.807) is 0 Å². The molecule has 0 aromatic heterocycles. The van der Waals surface area contributed by atoms with E-state index >= 15 is 0 Å². The topological polar surface area (TPSA) is 29.3 Å². The van der Waals surface area contributed by atoms with Crippen LogP contribution in [0.2, 0.25) is 0 Å². The van der Waals surface area contributed by atoms with Gasteiger partial charge in [-0.3, -0.25) is 4.90 Å². The smallest absolute Gasteiger partial charge is 0.0246 e. The molecule has 0 saturated heterocycles. The summed E-state index contributed by atoms with van der Waals surface area (Å²) in [5, 5.41) is 0. The predicted molar refractivity (Wildman–Crippen MR) is 60.2 cm³/mol. The Morgan fingerprint density at radius 3 is 2.36 bits per heavy atom. The van der Waals surface area contributed by atoms with Crippen molar-refractivity contribution in [1.29, 1.82) is 0 Å². The Bertz CT molecular complexity index is 173. The predicted octanol–water partition coefficient (Wildman–Crippen LogP) is 1.85. The van der Waals surface area contributed by atoms with Crippen molar-refractivity contribution in [2.75, 3.05) is 19.6 Å². The molecule has 0 aromatic rings. The molecule has 0 aliphatic heterocycles. The van der Waals surface area contributed by atoms with Crippen LogP contribution in [-0.4, -0.2) is 30.6 Å². The van der Waals surface area contributed by atoms with Crippen molar-refractivity contribution in [3.8, 4) is 0 Å². The van der Waals surface area contributed by atoms with Gasteiger partial charge in [0.25, 0.3) is 0 Å². The van der Waals surface area contributed by atoms with Crippen molar-refractivity contribution in [3.63, 3.8) is 0 Å². The lowest BCUT2D eigenvalue weighted by atomic mass is 9.79. The minimum atomic E-state index is 0.689. The van der Waals surface area contributed by atoms with E-state index in [4.69, 9.17) is 5.73 Å². The summed E-state index contributed by atoms with van der Waals surface area (Å²) in [5.74, 6) is 1.92. The number of nitrogens with zero attached hydrogens (tertiary/aromatic N) is 1. The molecule has 0 aromatic carbocycles. The van der Waals surface area contributed by atoms with Crippen LogP contribution >= 0.6 is 0 Å². The molecule has 14 heavy (non-hydrogen) atoms. The molecule has 2 rings (SSSR count). The second-order valence-corrected chi connectivity index (χ2v) is 5.02. The van der Waals surface area contributed by atoms with E-state index in [1.807, 2.05) is 0 Å². The highest BCUT2D eigenvalue weighted by Crippen LogP contribution is 2.35. The van der Waals surface area contributed by atoms with Gasteiger partial charge in [-0.05, 0) is 44.1 Å². The molecule has 2 aliphatic rings. The SMILES string of the molecule is CCN(CC1CC1)C(CN)C1CCC1. The Labute approximate surface area is 87.8 Å². The highest BCUT2D eigenvalue weighted by molar-refractivity contribution is 4.88. The molecule has 82 valence electrons. The van der Waals surface area contributed by atoms with Crippen LogP contribution < -0.4 is 5.73 Å². The first kappa shape index (κ1) is 10.4. The molecule has 2 heteroatoms. The van der Waals surface area contributed by atoms with Crippen LogP contribution in [0, 0.1) is 11.8 Å². The Morgan fingerprint density at radius 1 is 1.29 bits per heavy atom. The maximum Gasteiger partial charge on any atom is 0.0246 e. The Balaban J connectivity index is 1.84. The average Bonchev–Trinajstić information content (AvgIpc) is 2.91. The van der Waals surface area contributed by atoms with Gasteiger partial charge < -0.3 is 5.73 Å². The maximum atomic E-state index is 5.91. The lowest BCUT2D eigenvalue weighted by Gasteiger charge is -2.40. The second-order valence-electron chi connectivity index (χ2n) is 5.02. The van der Waals surface area contributed by atoms with E-state index < -0.39 is 0 Å². The number of hydrogen-bond acceptors (Lipinski definition) is 2. The summed E-state index contributed by atoms with van der Waals surface area (Å²) < 4.78 is 0. The van der Waals surface area contributed by atoms with Crippen molar-refractivity contribution in [2.45, 2.75) is 45.1 Å². The van der Waals surface area contributed by atoms with Gasteiger partial charge in [-0.15, -0.1) is 0 Å². The van der Waals surface area contributed by atoms with Gasteiger partial charge in [0.05, 0.1) is 0 Å². The summed E-state index contributed by atoms with van der Waals surface area (Å²) in [4.78, 5) is 2.64. The lowest BCUT2D eigenvalue weighted by molar-refractivity contribution is 0.101. The molecule has 0 bridgehead atoms. The number of likely N-dealkylation sites (N-methyl/N-ethyl adjacent to an activating group) is 1. The van der Waals surface area contributed by atoms with Crippen LogP contribution in [0.15, 0.2) is 0 Å². The van der Waals surface area contributed by atoms with Gasteiger partial charge in [-0.25, -0.2) is 0 Å². The summed E-state index contributed by atoms with van der Waals surface area (Å²) in [6.45, 7) is 5.65. The van der Waals surface area contributed by atoms with E-state index in [0.29, 0.717) is 6.04 Å². The molecular formula is C12H24N2. The average molecular weight is 196 g/mol. The fourth-order valence-electron chi connectivity index (χ4n) is 2.60. The third-order valence-electron chi connectivity index (χ3n) is 4.00. The van der Waals surface area contributed by atoms with Crippen LogP contribution in [0.3, 0.4) is 0 Å². The second kappa shape index (κ2) is 4.63. The van der Waals surface area contributed by atoms with Gasteiger partial charge in [-0.1, -0.05) is 13.3 Å². The number of rotatable bonds is 6. The zero-order chi connectivity index (χ0) is 9.97. The van der Waals surface area contributed by atoms with Crippen LogP contribution in [0.1, 0.15) is 39.0 Å². The van der Waals surface area contributed by atoms with Crippen molar-refractivity contribution in [2.24, 2.45) is 17.6 Å². The van der Waals surface area contributed by atoms with Crippen LogP contribution in [0.25, 0.3) is 0 Å². The largest absolute Gasteiger partial charge is 0.329 e. The lowest BCUT2D eigenvalue weighted by Crippen LogP contribution is -2.48. The summed E-state index contributed by atoms with van der Waals surface area (Å²) in [6.07, 6.45) is 7.19. The zero-order valence-electron chi connectivity index (χ0n) is 9.41. The number of hydrogen-bond donors (Lipinski definition) is 1. The summed E-state index contributed by atoms with van der Waals surface area (Å²) in [6, 6.07) is 0.689. The molecule has 1 atom stereocenters. The molecule has 2 nitrogen and oxygen atoms in total. The Kier molecular flexibility index (Phi) is 3.45. The third-order valence-corrected chi connectivity index (χ3v) is 4.00. The third kappa shape index (κ3) is 2.29. The molecule has 2 aliphatic carbocycles. The van der Waals surface area contributed by atoms with Crippen molar-refractivity contribution < 1.29 is 0 Å². The first-order chi connectivity index (χ1) is 6.85. The fraction of sp³-hybridized carbons (Fsp3) is 1.00. The normalized spacial score (nSPS) is 25.1. The maximum absolute atomic E-state index is 5.91. The van der Waals surface area contributed by atoms with Gasteiger partial charge in [0, 0.05) is 19.1 Å². The quantitative estimate of drug-likeness (QED) is 0.702. The van der Waals surface area contributed by atoms with Gasteiger partial charge in [-0.2, -0.15) is 0 Å². The molecule has 0 spiro atoms. The molecule has 2 N–H and O–H groups in total. The summed E-state index contributed by atoms with van der Waals surface area (Å²) >= 11 is 0. The first-order valence-corrected chi connectivity index (χ1v) is 6.29. The van der Waals surface area contributed by atoms with Crippen LogP contribution in [0.4, 0.5) is 0 Å². The monoisotopic (exact) mass is 196 g/mol. The highest BCUT2D eigenvalue weighted by Gasteiger charge is 2.33. The molecular weight excluding hydrogens is 172 g/mol. The van der Waals surface area contributed by atoms with Gasteiger partial charge in [0.1, 0.15) is 0 Å². The zero-order valence-corrected chi connectivity index (χ0v) is 9.41. The van der Waals surface area contributed by atoms with Crippen molar-refractivity contribution >= 4 is 0 Å². The Morgan fingerprint density at radius 2 is 2.00 bits per heavy atom. The molecule has 2 fully saturated rings. The molecule has 0 heterocycles. The first-order valence-electron chi connectivity index (χ1n) is 6.29. The van der Waals surface area contributed by atoms with Crippen molar-refractivity contribution in [3.05, 3.63) is 0 Å². The summed E-state index contributed by atoms with van der Waals surface area (Å²) in [5.41, 5.74) is 5.91. The molecule has 1 unspecified atom stereocenters.